The van der Waals surface area contributed by atoms with Crippen LogP contribution in [0.5, 0.6) is 0 Å². The summed E-state index contributed by atoms with van der Waals surface area (Å²) in [6.07, 6.45) is 1.70. The molecule has 306 valence electrons. The maximum Gasteiger partial charge on any atom is 0.130 e. The number of nitrogens with zero attached hydrogens (tertiary/aromatic N) is 4. The van der Waals surface area contributed by atoms with Crippen molar-refractivity contribution in [2.24, 2.45) is 0 Å². The first-order valence-electron chi connectivity index (χ1n) is 22.2. The van der Waals surface area contributed by atoms with Crippen molar-refractivity contribution in [3.63, 3.8) is 0 Å². The number of nitrogens with one attached hydrogen (secondary N) is 1. The number of fused-ring (bicyclic) bond motifs is 7. The molecule has 1 unspecified atom stereocenters. The molecule has 65 heavy (non-hydrogen) atoms. The molecule has 4 heterocycles. The van der Waals surface area contributed by atoms with Crippen molar-refractivity contribution in [1.29, 1.82) is 0 Å². The lowest BCUT2D eigenvalue weighted by Gasteiger charge is -2.28. The fourth-order valence-corrected chi connectivity index (χ4v) is 10.2. The van der Waals surface area contributed by atoms with Gasteiger partial charge in [0.1, 0.15) is 6.17 Å². The second kappa shape index (κ2) is 15.0. The van der Waals surface area contributed by atoms with Crippen LogP contribution in [0.2, 0.25) is 0 Å². The first-order chi connectivity index (χ1) is 32.2. The van der Waals surface area contributed by atoms with Gasteiger partial charge in [0.15, 0.2) is 0 Å². The van der Waals surface area contributed by atoms with E-state index in [1.165, 1.54) is 43.6 Å². The summed E-state index contributed by atoms with van der Waals surface area (Å²) in [5.41, 5.74) is 18.0. The van der Waals surface area contributed by atoms with Gasteiger partial charge in [-0.1, -0.05) is 133 Å². The maximum atomic E-state index is 4.97. The van der Waals surface area contributed by atoms with E-state index in [1.807, 2.05) is 6.20 Å². The maximum absolute atomic E-state index is 4.97. The number of pyridine rings is 1. The van der Waals surface area contributed by atoms with Gasteiger partial charge in [-0.05, 0) is 125 Å². The van der Waals surface area contributed by atoms with Gasteiger partial charge >= 0.3 is 0 Å². The van der Waals surface area contributed by atoms with Crippen LogP contribution in [-0.2, 0) is 0 Å². The van der Waals surface area contributed by atoms with Gasteiger partial charge < -0.3 is 19.4 Å². The van der Waals surface area contributed by atoms with E-state index in [0.717, 1.165) is 67.5 Å². The van der Waals surface area contributed by atoms with E-state index in [4.69, 9.17) is 4.98 Å². The summed E-state index contributed by atoms with van der Waals surface area (Å²) in [4.78, 5) is 7.40. The topological polar surface area (TPSA) is 38.0 Å². The third-order valence-corrected chi connectivity index (χ3v) is 13.1. The molecular weight excluding hydrogens is 791 g/mol. The number of benzene rings is 9. The van der Waals surface area contributed by atoms with Crippen LogP contribution in [0.3, 0.4) is 0 Å². The summed E-state index contributed by atoms with van der Waals surface area (Å²) < 4.78 is 4.76. The quantitative estimate of drug-likeness (QED) is 0.174. The lowest BCUT2D eigenvalue weighted by atomic mass is 9.93. The lowest BCUT2D eigenvalue weighted by molar-refractivity contribution is 0.829. The van der Waals surface area contributed by atoms with Crippen molar-refractivity contribution in [3.8, 4) is 44.9 Å². The molecule has 0 bridgehead atoms. The molecule has 13 rings (SSSR count). The van der Waals surface area contributed by atoms with Gasteiger partial charge in [-0.25, -0.2) is 0 Å². The van der Waals surface area contributed by atoms with Gasteiger partial charge in [0.05, 0.1) is 39.1 Å². The summed E-state index contributed by atoms with van der Waals surface area (Å²) in [5, 5.41) is 8.94. The highest BCUT2D eigenvalue weighted by Gasteiger charge is 2.34. The van der Waals surface area contributed by atoms with Gasteiger partial charge in [-0.3, -0.25) is 4.98 Å². The highest BCUT2D eigenvalue weighted by Crippen LogP contribution is 2.50. The Kier molecular flexibility index (Phi) is 8.53. The van der Waals surface area contributed by atoms with E-state index in [9.17, 15) is 0 Å². The molecule has 1 atom stereocenters. The Labute approximate surface area is 376 Å². The molecule has 0 saturated carbocycles. The fourth-order valence-electron chi connectivity index (χ4n) is 10.2. The minimum Gasteiger partial charge on any atom is -0.358 e. The molecule has 0 radical (unpaired) electrons. The minimum absolute atomic E-state index is 0.231. The molecule has 1 N–H and O–H groups in total. The summed E-state index contributed by atoms with van der Waals surface area (Å²) in [7, 11) is 0. The standard InChI is InChI=1S/C60H41N5/c1-5-17-40(18-6-1)58-59-57(33-34-61-58)65(48-23-11-4-12-24-48)60(62-59)45-36-43(41-29-31-55-51(38-41)49-25-13-15-27-53(49)63(55)46-19-7-2-8-20-46)35-44(37-45)42-30-32-56-52(39-42)50-26-14-16-28-54(50)64(56)47-21-9-3-10-22-47/h1-39,60,62H. The predicted molar refractivity (Wildman–Crippen MR) is 271 cm³/mol. The molecule has 0 fully saturated rings. The van der Waals surface area contributed by atoms with Crippen LogP contribution in [0.1, 0.15) is 11.7 Å². The van der Waals surface area contributed by atoms with Gasteiger partial charge in [0.25, 0.3) is 0 Å². The van der Waals surface area contributed by atoms with Crippen LogP contribution >= 0.6 is 0 Å². The third kappa shape index (κ3) is 6.05. The first-order valence-corrected chi connectivity index (χ1v) is 22.2. The Morgan fingerprint density at radius 3 is 1.35 bits per heavy atom. The molecule has 0 saturated heterocycles. The van der Waals surface area contributed by atoms with E-state index in [0.29, 0.717) is 0 Å². The molecule has 0 spiro atoms. The molecule has 12 aromatic rings. The molecule has 3 aromatic heterocycles. The second-order valence-electron chi connectivity index (χ2n) is 16.9. The number of aromatic nitrogens is 3. The molecule has 1 aliphatic heterocycles. The summed E-state index contributed by atoms with van der Waals surface area (Å²) in [6.45, 7) is 0. The van der Waals surface area contributed by atoms with Crippen molar-refractivity contribution >= 4 is 60.7 Å². The Morgan fingerprint density at radius 2 is 0.815 bits per heavy atom. The molecule has 0 aliphatic carbocycles. The Balaban J connectivity index is 1.04. The van der Waals surface area contributed by atoms with Crippen molar-refractivity contribution in [1.82, 2.24) is 14.1 Å². The van der Waals surface area contributed by atoms with Crippen LogP contribution in [0, 0.1) is 0 Å². The SMILES string of the molecule is c1ccc(-c2nccc3c2NC(c2cc(-c4ccc5c(c4)c4ccccc4n5-c4ccccc4)cc(-c4ccc5c(c4)c4ccccc4n5-c4ccccc4)c2)N3c2ccccc2)cc1. The zero-order valence-electron chi connectivity index (χ0n) is 35.4. The second-order valence-corrected chi connectivity index (χ2v) is 16.9. The average molecular weight is 832 g/mol. The van der Waals surface area contributed by atoms with E-state index in [1.54, 1.807) is 0 Å². The Bertz CT molecular complexity index is 3570. The minimum atomic E-state index is -0.231. The van der Waals surface area contributed by atoms with Crippen LogP contribution in [0.25, 0.3) is 88.5 Å². The number of anilines is 3. The smallest absolute Gasteiger partial charge is 0.130 e. The van der Waals surface area contributed by atoms with Gasteiger partial charge in [0, 0.05) is 50.4 Å². The van der Waals surface area contributed by atoms with Crippen LogP contribution in [-0.4, -0.2) is 14.1 Å². The van der Waals surface area contributed by atoms with Crippen LogP contribution < -0.4 is 10.2 Å². The molecule has 0 amide bonds. The van der Waals surface area contributed by atoms with Crippen molar-refractivity contribution in [3.05, 3.63) is 242 Å². The molecule has 5 heteroatoms. The molecule has 1 aliphatic rings. The first kappa shape index (κ1) is 36.9. The van der Waals surface area contributed by atoms with Crippen LogP contribution in [0.4, 0.5) is 17.1 Å². The van der Waals surface area contributed by atoms with E-state index in [-0.39, 0.29) is 6.17 Å². The fraction of sp³-hybridized carbons (Fsp3) is 0.0167. The summed E-state index contributed by atoms with van der Waals surface area (Å²) in [6, 6.07) is 83.3. The molecule has 9 aromatic carbocycles. The largest absolute Gasteiger partial charge is 0.358 e. The number of hydrogen-bond donors (Lipinski definition) is 1. The predicted octanol–water partition coefficient (Wildman–Crippen LogP) is 15.5. The summed E-state index contributed by atoms with van der Waals surface area (Å²) >= 11 is 0. The highest BCUT2D eigenvalue weighted by atomic mass is 15.3. The van der Waals surface area contributed by atoms with Gasteiger partial charge in [-0.15, -0.1) is 0 Å². The normalized spacial score (nSPS) is 13.5. The van der Waals surface area contributed by atoms with Crippen molar-refractivity contribution < 1.29 is 0 Å². The summed E-state index contributed by atoms with van der Waals surface area (Å²) in [5.74, 6) is 0. The van der Waals surface area contributed by atoms with E-state index >= 15 is 0 Å². The zero-order chi connectivity index (χ0) is 42.8. The monoisotopic (exact) mass is 831 g/mol. The Morgan fingerprint density at radius 1 is 0.354 bits per heavy atom. The van der Waals surface area contributed by atoms with E-state index in [2.05, 4.69) is 250 Å². The Hall–Kier alpha value is -8.67. The van der Waals surface area contributed by atoms with Crippen molar-refractivity contribution in [2.45, 2.75) is 6.17 Å². The third-order valence-electron chi connectivity index (χ3n) is 13.1. The van der Waals surface area contributed by atoms with E-state index < -0.39 is 0 Å². The number of rotatable bonds is 7. The van der Waals surface area contributed by atoms with Crippen LogP contribution in [0.15, 0.2) is 237 Å². The lowest BCUT2D eigenvalue weighted by Crippen LogP contribution is -2.23. The van der Waals surface area contributed by atoms with Gasteiger partial charge in [-0.2, -0.15) is 0 Å². The zero-order valence-corrected chi connectivity index (χ0v) is 35.4. The molecular formula is C60H41N5. The number of para-hydroxylation sites is 5. The number of hydrogen-bond acceptors (Lipinski definition) is 3. The van der Waals surface area contributed by atoms with Gasteiger partial charge in [0.2, 0.25) is 0 Å². The highest BCUT2D eigenvalue weighted by molar-refractivity contribution is 6.12. The molecule has 5 nitrogen and oxygen atoms in total. The average Bonchev–Trinajstić information content (AvgIpc) is 4.05. The van der Waals surface area contributed by atoms with Crippen molar-refractivity contribution in [2.75, 3.05) is 10.2 Å².